The molecular formula is C22H32F2O. The molecule has 0 saturated heterocycles. The van der Waals surface area contributed by atoms with Gasteiger partial charge in [0.1, 0.15) is 6.10 Å². The van der Waals surface area contributed by atoms with Gasteiger partial charge in [-0.1, -0.05) is 56.2 Å². The van der Waals surface area contributed by atoms with Crippen molar-refractivity contribution in [2.45, 2.75) is 77.9 Å². The molecule has 2 rings (SSSR count). The highest BCUT2D eigenvalue weighted by atomic mass is 19.3. The number of allylic oxidation sites excluding steroid dienone is 2. The highest BCUT2D eigenvalue weighted by Crippen LogP contribution is 2.36. The van der Waals surface area contributed by atoms with Gasteiger partial charge in [-0.25, -0.2) is 8.78 Å². The van der Waals surface area contributed by atoms with Crippen molar-refractivity contribution < 1.29 is 13.5 Å². The van der Waals surface area contributed by atoms with Gasteiger partial charge in [-0.2, -0.15) is 0 Å². The van der Waals surface area contributed by atoms with E-state index >= 15 is 0 Å². The molecule has 3 heteroatoms. The van der Waals surface area contributed by atoms with Crippen molar-refractivity contribution in [1.82, 2.24) is 0 Å². The second-order valence-corrected chi connectivity index (χ2v) is 7.21. The highest BCUT2D eigenvalue weighted by molar-refractivity contribution is 5.21. The first-order valence-electron chi connectivity index (χ1n) is 9.72. The number of hydrogen-bond donors (Lipinski definition) is 0. The average molecular weight is 350 g/mol. The fourth-order valence-electron chi connectivity index (χ4n) is 3.78. The number of rotatable bonds is 9. The lowest BCUT2D eigenvalue weighted by Gasteiger charge is -2.33. The molecule has 25 heavy (non-hydrogen) atoms. The van der Waals surface area contributed by atoms with Crippen molar-refractivity contribution in [3.63, 3.8) is 0 Å². The van der Waals surface area contributed by atoms with Crippen LogP contribution in [0.1, 0.15) is 63.5 Å². The van der Waals surface area contributed by atoms with Gasteiger partial charge in [0.15, 0.2) is 0 Å². The van der Waals surface area contributed by atoms with Gasteiger partial charge in [-0.15, -0.1) is 0 Å². The number of ether oxygens (including phenoxy) is 1. The number of aryl methyl sites for hydroxylation is 1. The Kier molecular flexibility index (Phi) is 8.60. The highest BCUT2D eigenvalue weighted by Gasteiger charge is 2.33. The topological polar surface area (TPSA) is 9.23 Å². The van der Waals surface area contributed by atoms with Crippen LogP contribution in [0.3, 0.4) is 0 Å². The third-order valence-electron chi connectivity index (χ3n) is 5.46. The molecule has 0 heterocycles. The first-order chi connectivity index (χ1) is 12.1. The number of hydrogen-bond acceptors (Lipinski definition) is 1. The molecule has 0 amide bonds. The van der Waals surface area contributed by atoms with Crippen molar-refractivity contribution >= 4 is 0 Å². The largest absolute Gasteiger partial charge is 0.367 e. The Morgan fingerprint density at radius 2 is 1.72 bits per heavy atom. The van der Waals surface area contributed by atoms with Crippen LogP contribution in [-0.4, -0.2) is 12.5 Å². The Hall–Kier alpha value is -1.22. The zero-order chi connectivity index (χ0) is 18.1. The number of alkyl halides is 2. The van der Waals surface area contributed by atoms with E-state index in [2.05, 4.69) is 19.1 Å². The Labute approximate surface area is 151 Å². The van der Waals surface area contributed by atoms with Gasteiger partial charge in [-0.3, -0.25) is 0 Å². The molecular weight excluding hydrogens is 318 g/mol. The summed E-state index contributed by atoms with van der Waals surface area (Å²) in [6, 6.07) is 8.07. The summed E-state index contributed by atoms with van der Waals surface area (Å²) in [4.78, 5) is 0. The maximum Gasteiger partial charge on any atom is 0.264 e. The van der Waals surface area contributed by atoms with E-state index in [9.17, 15) is 8.78 Å². The molecule has 1 nitrogen and oxygen atoms in total. The minimum absolute atomic E-state index is 0.00659. The van der Waals surface area contributed by atoms with Crippen LogP contribution in [0, 0.1) is 11.8 Å². The summed E-state index contributed by atoms with van der Waals surface area (Å²) in [7, 11) is 0. The first kappa shape index (κ1) is 20.1. The molecule has 1 saturated carbocycles. The molecule has 0 radical (unpaired) electrons. The summed E-state index contributed by atoms with van der Waals surface area (Å²) >= 11 is 0. The lowest BCUT2D eigenvalue weighted by molar-refractivity contribution is -0.102. The summed E-state index contributed by atoms with van der Waals surface area (Å²) in [5.74, 6) is 0.681. The van der Waals surface area contributed by atoms with Crippen molar-refractivity contribution in [3.05, 3.63) is 47.5 Å². The van der Waals surface area contributed by atoms with Gasteiger partial charge in [-0.05, 0) is 62.0 Å². The molecule has 140 valence electrons. The number of halogens is 2. The maximum atomic E-state index is 13.5. The second kappa shape index (κ2) is 10.7. The van der Waals surface area contributed by atoms with E-state index in [-0.39, 0.29) is 12.5 Å². The van der Waals surface area contributed by atoms with Gasteiger partial charge >= 0.3 is 0 Å². The van der Waals surface area contributed by atoms with Crippen LogP contribution < -0.4 is 0 Å². The molecule has 1 aromatic carbocycles. The molecule has 1 aromatic rings. The second-order valence-electron chi connectivity index (χ2n) is 7.21. The van der Waals surface area contributed by atoms with Crippen LogP contribution in [0.4, 0.5) is 8.78 Å². The lowest BCUT2D eigenvalue weighted by atomic mass is 9.77. The van der Waals surface area contributed by atoms with Crippen LogP contribution in [0.5, 0.6) is 0 Å². The van der Waals surface area contributed by atoms with E-state index in [1.807, 2.05) is 31.2 Å². The minimum atomic E-state index is -2.40. The molecule has 0 spiro atoms. The van der Waals surface area contributed by atoms with Crippen molar-refractivity contribution in [1.29, 1.82) is 0 Å². The molecule has 1 aliphatic carbocycles. The summed E-state index contributed by atoms with van der Waals surface area (Å²) in [6.45, 7) is 4.42. The number of benzene rings is 1. The van der Waals surface area contributed by atoms with Gasteiger partial charge in [0.05, 0.1) is 6.61 Å². The standard InChI is InChI=1S/C22H32F2O/c1-3-5-6-7-18-12-14-20(15-13-18)21(22(23)24)25-16-19-10-8-17(4-2)9-11-19/h3,5,8-11,18,20-22H,4,6-7,12-16H2,1-2H3/b5-3+. The Bertz CT molecular complexity index is 501. The Morgan fingerprint density at radius 3 is 2.28 bits per heavy atom. The molecule has 1 unspecified atom stereocenters. The minimum Gasteiger partial charge on any atom is -0.367 e. The van der Waals surface area contributed by atoms with E-state index in [0.717, 1.165) is 44.1 Å². The monoisotopic (exact) mass is 350 g/mol. The molecule has 1 atom stereocenters. The SMILES string of the molecule is C/C=C/CCC1CCC(C(OCc2ccc(CC)cc2)C(F)F)CC1. The average Bonchev–Trinajstić information content (AvgIpc) is 2.63. The van der Waals surface area contributed by atoms with E-state index in [0.29, 0.717) is 5.92 Å². The van der Waals surface area contributed by atoms with Crippen LogP contribution in [0.15, 0.2) is 36.4 Å². The van der Waals surface area contributed by atoms with E-state index in [4.69, 9.17) is 4.74 Å². The zero-order valence-corrected chi connectivity index (χ0v) is 15.6. The third kappa shape index (κ3) is 6.54. The van der Waals surface area contributed by atoms with Gasteiger partial charge < -0.3 is 4.74 Å². The lowest BCUT2D eigenvalue weighted by Crippen LogP contribution is -2.34. The maximum absolute atomic E-state index is 13.5. The summed E-state index contributed by atoms with van der Waals surface area (Å²) in [5, 5.41) is 0. The Balaban J connectivity index is 1.82. The Morgan fingerprint density at radius 1 is 1.08 bits per heavy atom. The van der Waals surface area contributed by atoms with Crippen molar-refractivity contribution in [2.24, 2.45) is 11.8 Å². The van der Waals surface area contributed by atoms with Crippen molar-refractivity contribution in [3.8, 4) is 0 Å². The van der Waals surface area contributed by atoms with E-state index in [1.165, 1.54) is 12.0 Å². The fraction of sp³-hybridized carbons (Fsp3) is 0.636. The quantitative estimate of drug-likeness (QED) is 0.458. The summed E-state index contributed by atoms with van der Waals surface area (Å²) in [6.07, 6.45) is 8.06. The molecule has 0 N–H and O–H groups in total. The first-order valence-corrected chi connectivity index (χ1v) is 9.72. The fourth-order valence-corrected chi connectivity index (χ4v) is 3.78. The van der Waals surface area contributed by atoms with Crippen molar-refractivity contribution in [2.75, 3.05) is 0 Å². The van der Waals surface area contributed by atoms with Crippen LogP contribution in [-0.2, 0) is 17.8 Å². The molecule has 1 aliphatic rings. The third-order valence-corrected chi connectivity index (χ3v) is 5.46. The molecule has 0 aromatic heterocycles. The van der Waals surface area contributed by atoms with Gasteiger partial charge in [0.25, 0.3) is 6.43 Å². The van der Waals surface area contributed by atoms with E-state index < -0.39 is 12.5 Å². The molecule has 0 bridgehead atoms. The van der Waals surface area contributed by atoms with Crippen LogP contribution in [0.25, 0.3) is 0 Å². The molecule has 0 aliphatic heterocycles. The molecule has 1 fully saturated rings. The zero-order valence-electron chi connectivity index (χ0n) is 15.6. The van der Waals surface area contributed by atoms with E-state index in [1.54, 1.807) is 0 Å². The predicted molar refractivity (Wildman–Crippen MR) is 99.9 cm³/mol. The smallest absolute Gasteiger partial charge is 0.264 e. The predicted octanol–water partition coefficient (Wildman–Crippen LogP) is 6.56. The summed E-state index contributed by atoms with van der Waals surface area (Å²) in [5.41, 5.74) is 2.23. The van der Waals surface area contributed by atoms with Gasteiger partial charge in [0.2, 0.25) is 0 Å². The summed E-state index contributed by atoms with van der Waals surface area (Å²) < 4.78 is 32.7. The van der Waals surface area contributed by atoms with Crippen LogP contribution >= 0.6 is 0 Å². The normalized spacial score (nSPS) is 22.6. The van der Waals surface area contributed by atoms with Gasteiger partial charge in [0, 0.05) is 0 Å². The van der Waals surface area contributed by atoms with Crippen LogP contribution in [0.2, 0.25) is 0 Å².